The van der Waals surface area contributed by atoms with E-state index < -0.39 is 10.0 Å². The molecule has 24 heavy (non-hydrogen) atoms. The maximum absolute atomic E-state index is 13.1. The van der Waals surface area contributed by atoms with Gasteiger partial charge in [0.05, 0.1) is 10.4 Å². The van der Waals surface area contributed by atoms with Gasteiger partial charge >= 0.3 is 0 Å². The van der Waals surface area contributed by atoms with E-state index in [0.717, 1.165) is 6.29 Å². The Morgan fingerprint density at radius 2 is 1.71 bits per heavy atom. The summed E-state index contributed by atoms with van der Waals surface area (Å²) in [6.07, 6.45) is 2.30. The molecule has 0 aliphatic rings. The fraction of sp³-hybridized carbons (Fsp3) is 0. The van der Waals surface area contributed by atoms with Gasteiger partial charge < -0.3 is 0 Å². The minimum Gasteiger partial charge on any atom is -0.298 e. The predicted molar refractivity (Wildman–Crippen MR) is 91.7 cm³/mol. The van der Waals surface area contributed by atoms with Crippen molar-refractivity contribution in [3.05, 3.63) is 72.4 Å². The number of aromatic nitrogens is 2. The number of pyridine rings is 1. The van der Waals surface area contributed by atoms with Crippen LogP contribution in [0.15, 0.2) is 71.8 Å². The predicted octanol–water partition coefficient (Wildman–Crippen LogP) is 3.24. The molecule has 0 saturated heterocycles. The first-order valence-electron chi connectivity index (χ1n) is 7.28. The molecule has 0 N–H and O–H groups in total. The van der Waals surface area contributed by atoms with Crippen molar-refractivity contribution >= 4 is 38.2 Å². The van der Waals surface area contributed by atoms with E-state index in [1.54, 1.807) is 66.9 Å². The molecule has 4 rings (SSSR count). The van der Waals surface area contributed by atoms with Crippen LogP contribution in [0.4, 0.5) is 0 Å². The molecule has 0 saturated carbocycles. The summed E-state index contributed by atoms with van der Waals surface area (Å²) in [7, 11) is -3.80. The first-order valence-corrected chi connectivity index (χ1v) is 8.72. The fourth-order valence-electron chi connectivity index (χ4n) is 2.84. The number of rotatable bonds is 3. The zero-order valence-electron chi connectivity index (χ0n) is 12.5. The molecule has 5 nitrogen and oxygen atoms in total. The second-order valence-electron chi connectivity index (χ2n) is 5.35. The van der Waals surface area contributed by atoms with Crippen LogP contribution in [-0.2, 0) is 10.0 Å². The average Bonchev–Trinajstić information content (AvgIpc) is 2.96. The lowest BCUT2D eigenvalue weighted by Crippen LogP contribution is -2.13. The normalized spacial score (nSPS) is 11.8. The third-order valence-electron chi connectivity index (χ3n) is 3.93. The van der Waals surface area contributed by atoms with Crippen molar-refractivity contribution in [3.8, 4) is 0 Å². The highest BCUT2D eigenvalue weighted by Crippen LogP contribution is 2.31. The van der Waals surface area contributed by atoms with E-state index >= 15 is 0 Å². The highest BCUT2D eigenvalue weighted by molar-refractivity contribution is 7.90. The van der Waals surface area contributed by atoms with Crippen LogP contribution in [0.1, 0.15) is 10.4 Å². The number of hydrogen-bond donors (Lipinski definition) is 0. The third kappa shape index (κ3) is 2.04. The van der Waals surface area contributed by atoms with Gasteiger partial charge in [0.1, 0.15) is 6.29 Å². The number of nitrogens with zero attached hydrogens (tertiary/aromatic N) is 2. The molecule has 2 aromatic heterocycles. The molecular formula is C18H12N2O3S. The lowest BCUT2D eigenvalue weighted by Gasteiger charge is -2.08. The Kier molecular flexibility index (Phi) is 3.21. The summed E-state index contributed by atoms with van der Waals surface area (Å²) in [5.41, 5.74) is 1.33. The van der Waals surface area contributed by atoms with Crippen molar-refractivity contribution in [2.75, 3.05) is 0 Å². The minimum absolute atomic E-state index is 0.189. The molecule has 6 heteroatoms. The zero-order chi connectivity index (χ0) is 16.7. The van der Waals surface area contributed by atoms with Crippen LogP contribution >= 0.6 is 0 Å². The van der Waals surface area contributed by atoms with E-state index in [1.165, 1.54) is 3.97 Å². The monoisotopic (exact) mass is 336 g/mol. The van der Waals surface area contributed by atoms with Gasteiger partial charge in [-0.25, -0.2) is 17.4 Å². The number of benzene rings is 2. The second kappa shape index (κ2) is 5.28. The van der Waals surface area contributed by atoms with E-state index in [2.05, 4.69) is 4.98 Å². The maximum atomic E-state index is 13.1. The molecule has 2 heterocycles. The Balaban J connectivity index is 2.17. The minimum atomic E-state index is -3.80. The number of hydrogen-bond acceptors (Lipinski definition) is 4. The van der Waals surface area contributed by atoms with Crippen LogP contribution in [0.3, 0.4) is 0 Å². The lowest BCUT2D eigenvalue weighted by molar-refractivity contribution is 0.112. The Labute approximate surface area is 138 Å². The molecule has 0 spiro atoms. The molecular weight excluding hydrogens is 324 g/mol. The number of carbonyl (C=O) groups is 1. The van der Waals surface area contributed by atoms with Gasteiger partial charge in [0.2, 0.25) is 0 Å². The van der Waals surface area contributed by atoms with Crippen LogP contribution in [0.25, 0.3) is 21.9 Å². The van der Waals surface area contributed by atoms with Crippen molar-refractivity contribution in [3.63, 3.8) is 0 Å². The topological polar surface area (TPSA) is 69.0 Å². The van der Waals surface area contributed by atoms with E-state index in [4.69, 9.17) is 0 Å². The molecule has 0 fully saturated rings. The molecule has 0 aliphatic carbocycles. The largest absolute Gasteiger partial charge is 0.298 e. The molecule has 2 aromatic carbocycles. The van der Waals surface area contributed by atoms with Crippen LogP contribution in [0.2, 0.25) is 0 Å². The molecule has 118 valence electrons. The summed E-state index contributed by atoms with van der Waals surface area (Å²) in [4.78, 5) is 15.5. The van der Waals surface area contributed by atoms with Gasteiger partial charge in [-0.05, 0) is 42.5 Å². The van der Waals surface area contributed by atoms with Crippen molar-refractivity contribution < 1.29 is 13.2 Å². The molecule has 0 unspecified atom stereocenters. The second-order valence-corrected chi connectivity index (χ2v) is 7.14. The van der Waals surface area contributed by atoms with Gasteiger partial charge in [-0.3, -0.25) is 4.79 Å². The Morgan fingerprint density at radius 3 is 2.46 bits per heavy atom. The summed E-state index contributed by atoms with van der Waals surface area (Å²) in [6, 6.07) is 16.7. The van der Waals surface area contributed by atoms with Gasteiger partial charge in [0.15, 0.2) is 5.65 Å². The Bertz CT molecular complexity index is 1180. The van der Waals surface area contributed by atoms with Crippen molar-refractivity contribution in [1.29, 1.82) is 0 Å². The van der Waals surface area contributed by atoms with Crippen molar-refractivity contribution in [2.45, 2.75) is 4.90 Å². The quantitative estimate of drug-likeness (QED) is 0.539. The van der Waals surface area contributed by atoms with Crippen LogP contribution in [0, 0.1) is 0 Å². The van der Waals surface area contributed by atoms with Gasteiger partial charge in [-0.2, -0.15) is 0 Å². The average molecular weight is 336 g/mol. The van der Waals surface area contributed by atoms with E-state index in [-0.39, 0.29) is 4.90 Å². The van der Waals surface area contributed by atoms with Gasteiger partial charge in [0.25, 0.3) is 10.0 Å². The summed E-state index contributed by atoms with van der Waals surface area (Å²) < 4.78 is 27.5. The summed E-state index contributed by atoms with van der Waals surface area (Å²) in [6.45, 7) is 0. The maximum Gasteiger partial charge on any atom is 0.269 e. The first-order chi connectivity index (χ1) is 11.6. The summed E-state index contributed by atoms with van der Waals surface area (Å²) in [5, 5.41) is 1.37. The standard InChI is InChI=1S/C18H12N2O3S/c21-12-13-8-9-17-16(11-13)15-7-4-10-19-18(15)20(17)24(22,23)14-5-2-1-3-6-14/h1-12H. The van der Waals surface area contributed by atoms with Crippen LogP contribution < -0.4 is 0 Å². The molecule has 0 aliphatic heterocycles. The Hall–Kier alpha value is -2.99. The van der Waals surface area contributed by atoms with Gasteiger partial charge in [-0.15, -0.1) is 0 Å². The van der Waals surface area contributed by atoms with Gasteiger partial charge in [0, 0.05) is 22.5 Å². The highest BCUT2D eigenvalue weighted by Gasteiger charge is 2.23. The molecule has 0 amide bonds. The smallest absolute Gasteiger partial charge is 0.269 e. The summed E-state index contributed by atoms with van der Waals surface area (Å²) in [5.74, 6) is 0. The van der Waals surface area contributed by atoms with Crippen molar-refractivity contribution in [1.82, 2.24) is 8.96 Å². The SMILES string of the molecule is O=Cc1ccc2c(c1)c1cccnc1n2S(=O)(=O)c1ccccc1. The first kappa shape index (κ1) is 14.6. The molecule has 4 aromatic rings. The van der Waals surface area contributed by atoms with Crippen molar-refractivity contribution in [2.24, 2.45) is 0 Å². The van der Waals surface area contributed by atoms with Crippen LogP contribution in [-0.4, -0.2) is 23.7 Å². The summed E-state index contributed by atoms with van der Waals surface area (Å²) >= 11 is 0. The number of aldehydes is 1. The lowest BCUT2D eigenvalue weighted by atomic mass is 10.1. The van der Waals surface area contributed by atoms with E-state index in [0.29, 0.717) is 27.5 Å². The van der Waals surface area contributed by atoms with E-state index in [1.807, 2.05) is 0 Å². The highest BCUT2D eigenvalue weighted by atomic mass is 32.2. The third-order valence-corrected chi connectivity index (χ3v) is 5.64. The molecule has 0 atom stereocenters. The number of fused-ring (bicyclic) bond motifs is 3. The van der Waals surface area contributed by atoms with Crippen LogP contribution in [0.5, 0.6) is 0 Å². The zero-order valence-corrected chi connectivity index (χ0v) is 13.3. The molecule has 0 radical (unpaired) electrons. The molecule has 0 bridgehead atoms. The Morgan fingerprint density at radius 1 is 0.917 bits per heavy atom. The fourth-order valence-corrected chi connectivity index (χ4v) is 4.35. The van der Waals surface area contributed by atoms with Gasteiger partial charge in [-0.1, -0.05) is 18.2 Å². The van der Waals surface area contributed by atoms with E-state index in [9.17, 15) is 13.2 Å². The number of carbonyl (C=O) groups excluding carboxylic acids is 1.